The van der Waals surface area contributed by atoms with Gasteiger partial charge < -0.3 is 5.73 Å². The van der Waals surface area contributed by atoms with E-state index in [9.17, 15) is 0 Å². The monoisotopic (exact) mass is 282 g/mol. The molecule has 1 fully saturated rings. The van der Waals surface area contributed by atoms with Crippen molar-refractivity contribution in [2.75, 3.05) is 18.8 Å². The van der Waals surface area contributed by atoms with E-state index in [-0.39, 0.29) is 0 Å². The molecule has 0 atom stereocenters. The number of piperidine rings is 1. The van der Waals surface area contributed by atoms with E-state index < -0.39 is 0 Å². The lowest BCUT2D eigenvalue weighted by Gasteiger charge is -2.32. The Bertz CT molecular complexity index is 598. The number of hydrogen-bond acceptors (Lipinski definition) is 2. The van der Waals surface area contributed by atoms with E-state index in [4.69, 9.17) is 5.73 Å². The molecule has 3 rings (SSSR count). The summed E-state index contributed by atoms with van der Waals surface area (Å²) in [6.45, 7) is 5.73. The molecule has 0 bridgehead atoms. The first-order valence-electron chi connectivity index (χ1n) is 8.25. The molecule has 2 aromatic carbocycles. The van der Waals surface area contributed by atoms with E-state index in [2.05, 4.69) is 48.2 Å². The van der Waals surface area contributed by atoms with E-state index in [0.29, 0.717) is 0 Å². The summed E-state index contributed by atoms with van der Waals surface area (Å²) in [5.74, 6) is 0.945. The predicted molar refractivity (Wildman–Crippen MR) is 91.3 cm³/mol. The van der Waals surface area contributed by atoms with Gasteiger partial charge in [-0.3, -0.25) is 4.90 Å². The van der Waals surface area contributed by atoms with Gasteiger partial charge in [-0.1, -0.05) is 44.0 Å². The largest absolute Gasteiger partial charge is 0.398 e. The molecule has 0 radical (unpaired) electrons. The Morgan fingerprint density at radius 2 is 1.76 bits per heavy atom. The van der Waals surface area contributed by atoms with Crippen LogP contribution in [0.3, 0.4) is 0 Å². The van der Waals surface area contributed by atoms with E-state index in [1.165, 1.54) is 55.1 Å². The summed E-state index contributed by atoms with van der Waals surface area (Å²) in [7, 11) is 0. The predicted octanol–water partition coefficient (Wildman–Crippen LogP) is 4.43. The van der Waals surface area contributed by atoms with Crippen LogP contribution in [0.1, 0.15) is 38.2 Å². The Hall–Kier alpha value is -1.54. The fourth-order valence-electron chi connectivity index (χ4n) is 3.52. The van der Waals surface area contributed by atoms with Crippen molar-refractivity contribution in [3.05, 3.63) is 42.0 Å². The number of nitrogens with zero attached hydrogens (tertiary/aromatic N) is 1. The summed E-state index contributed by atoms with van der Waals surface area (Å²) in [4.78, 5) is 2.56. The minimum atomic E-state index is 0.935. The number of likely N-dealkylation sites (tertiary alicyclic amines) is 1. The van der Waals surface area contributed by atoms with Gasteiger partial charge in [-0.2, -0.15) is 0 Å². The second kappa shape index (κ2) is 6.48. The lowest BCUT2D eigenvalue weighted by atomic mass is 9.92. The molecule has 0 aromatic heterocycles. The van der Waals surface area contributed by atoms with Crippen molar-refractivity contribution in [2.45, 2.75) is 39.2 Å². The van der Waals surface area contributed by atoms with E-state index in [1.807, 2.05) is 0 Å². The number of nitrogens with two attached hydrogens (primary N) is 1. The van der Waals surface area contributed by atoms with Crippen LogP contribution < -0.4 is 5.73 Å². The van der Waals surface area contributed by atoms with Crippen LogP contribution in [0.25, 0.3) is 10.8 Å². The number of nitrogen functional groups attached to an aromatic ring is 1. The van der Waals surface area contributed by atoms with E-state index >= 15 is 0 Å². The van der Waals surface area contributed by atoms with Crippen LogP contribution in [0.4, 0.5) is 5.69 Å². The second-order valence-electron chi connectivity index (χ2n) is 6.41. The van der Waals surface area contributed by atoms with Crippen molar-refractivity contribution in [1.29, 1.82) is 0 Å². The topological polar surface area (TPSA) is 29.3 Å². The Kier molecular flexibility index (Phi) is 4.45. The zero-order valence-electron chi connectivity index (χ0n) is 13.0. The van der Waals surface area contributed by atoms with Crippen LogP contribution in [0, 0.1) is 5.92 Å². The molecule has 2 N–H and O–H groups in total. The Morgan fingerprint density at radius 1 is 1.10 bits per heavy atom. The van der Waals surface area contributed by atoms with Gasteiger partial charge in [0.05, 0.1) is 0 Å². The van der Waals surface area contributed by atoms with E-state index in [0.717, 1.165) is 18.2 Å². The Morgan fingerprint density at radius 3 is 2.43 bits per heavy atom. The van der Waals surface area contributed by atoms with E-state index in [1.54, 1.807) is 0 Å². The van der Waals surface area contributed by atoms with Crippen molar-refractivity contribution in [1.82, 2.24) is 4.90 Å². The minimum absolute atomic E-state index is 0.935. The lowest BCUT2D eigenvalue weighted by molar-refractivity contribution is 0.172. The third-order valence-corrected chi connectivity index (χ3v) is 4.81. The van der Waals surface area contributed by atoms with Gasteiger partial charge in [0, 0.05) is 12.2 Å². The number of hydrogen-bond donors (Lipinski definition) is 1. The highest BCUT2D eigenvalue weighted by Crippen LogP contribution is 2.26. The molecule has 112 valence electrons. The summed E-state index contributed by atoms with van der Waals surface area (Å²) < 4.78 is 0. The highest BCUT2D eigenvalue weighted by atomic mass is 15.1. The lowest BCUT2D eigenvalue weighted by Crippen LogP contribution is -2.33. The van der Waals surface area contributed by atoms with Gasteiger partial charge in [0.25, 0.3) is 0 Å². The molecule has 1 aliphatic heterocycles. The molecule has 2 aromatic rings. The van der Waals surface area contributed by atoms with Gasteiger partial charge in [0.15, 0.2) is 0 Å². The molecular formula is C19H26N2. The van der Waals surface area contributed by atoms with Crippen LogP contribution in [0.15, 0.2) is 36.4 Å². The maximum Gasteiger partial charge on any atom is 0.0366 e. The molecular weight excluding hydrogens is 256 g/mol. The van der Waals surface area contributed by atoms with Crippen LogP contribution >= 0.6 is 0 Å². The summed E-state index contributed by atoms with van der Waals surface area (Å²) in [5, 5.41) is 2.53. The van der Waals surface area contributed by atoms with Gasteiger partial charge >= 0.3 is 0 Å². The second-order valence-corrected chi connectivity index (χ2v) is 6.41. The first-order valence-corrected chi connectivity index (χ1v) is 8.25. The molecule has 21 heavy (non-hydrogen) atoms. The average molecular weight is 282 g/mol. The molecule has 1 heterocycles. The Balaban J connectivity index is 1.69. The summed E-state index contributed by atoms with van der Waals surface area (Å²) >= 11 is 0. The molecule has 0 aliphatic carbocycles. The van der Waals surface area contributed by atoms with Crippen molar-refractivity contribution < 1.29 is 0 Å². The Labute approximate surface area is 127 Å². The standard InChI is InChI=1S/C19H26N2/c1-2-5-15-8-10-21(11-9-15)14-18-12-16-6-3-4-7-17(16)13-19(18)20/h3-4,6-7,12-13,15H,2,5,8-11,14,20H2,1H3. The number of benzene rings is 2. The fraction of sp³-hybridized carbons (Fsp3) is 0.474. The fourth-order valence-corrected chi connectivity index (χ4v) is 3.52. The van der Waals surface area contributed by atoms with Crippen molar-refractivity contribution in [3.63, 3.8) is 0 Å². The zero-order valence-corrected chi connectivity index (χ0v) is 13.0. The van der Waals surface area contributed by atoms with Gasteiger partial charge in [-0.15, -0.1) is 0 Å². The molecule has 2 nitrogen and oxygen atoms in total. The van der Waals surface area contributed by atoms with Crippen LogP contribution in [-0.4, -0.2) is 18.0 Å². The molecule has 2 heteroatoms. The maximum absolute atomic E-state index is 6.25. The van der Waals surface area contributed by atoms with Gasteiger partial charge in [-0.25, -0.2) is 0 Å². The zero-order chi connectivity index (χ0) is 14.7. The van der Waals surface area contributed by atoms with Crippen molar-refractivity contribution in [3.8, 4) is 0 Å². The van der Waals surface area contributed by atoms with Gasteiger partial charge in [0.2, 0.25) is 0 Å². The molecule has 0 unspecified atom stereocenters. The summed E-state index contributed by atoms with van der Waals surface area (Å²) in [6, 6.07) is 12.9. The third kappa shape index (κ3) is 3.38. The number of fused-ring (bicyclic) bond motifs is 1. The highest BCUT2D eigenvalue weighted by Gasteiger charge is 2.19. The van der Waals surface area contributed by atoms with Gasteiger partial charge in [-0.05, 0) is 60.3 Å². The molecule has 0 saturated carbocycles. The third-order valence-electron chi connectivity index (χ3n) is 4.81. The van der Waals surface area contributed by atoms with Gasteiger partial charge in [0.1, 0.15) is 0 Å². The number of anilines is 1. The molecule has 1 saturated heterocycles. The maximum atomic E-state index is 6.25. The molecule has 0 amide bonds. The van der Waals surface area contributed by atoms with Crippen LogP contribution in [-0.2, 0) is 6.54 Å². The smallest absolute Gasteiger partial charge is 0.0366 e. The van der Waals surface area contributed by atoms with Crippen molar-refractivity contribution >= 4 is 16.5 Å². The molecule has 0 spiro atoms. The number of rotatable bonds is 4. The van der Waals surface area contributed by atoms with Crippen molar-refractivity contribution in [2.24, 2.45) is 5.92 Å². The van der Waals surface area contributed by atoms with Crippen LogP contribution in [0.5, 0.6) is 0 Å². The first kappa shape index (κ1) is 14.4. The summed E-state index contributed by atoms with van der Waals surface area (Å²) in [5.41, 5.74) is 8.47. The quantitative estimate of drug-likeness (QED) is 0.840. The first-order chi connectivity index (χ1) is 10.3. The minimum Gasteiger partial charge on any atom is -0.398 e. The highest BCUT2D eigenvalue weighted by molar-refractivity contribution is 5.86. The SMILES string of the molecule is CCCC1CCN(Cc2cc3ccccc3cc2N)CC1. The normalized spacial score (nSPS) is 17.4. The molecule has 1 aliphatic rings. The average Bonchev–Trinajstić information content (AvgIpc) is 2.50. The van der Waals surface area contributed by atoms with Crippen LogP contribution in [0.2, 0.25) is 0 Å². The summed E-state index contributed by atoms with van der Waals surface area (Å²) in [6.07, 6.45) is 5.41.